The molecule has 0 radical (unpaired) electrons. The first-order valence-electron chi connectivity index (χ1n) is 7.63. The molecule has 0 fully saturated rings. The molecule has 0 aliphatic rings. The number of methoxy groups -OCH3 is 1. The minimum atomic E-state index is -1.55. The molecule has 0 aliphatic heterocycles. The maximum atomic E-state index is 13.8. The first-order valence-corrected chi connectivity index (χ1v) is 7.63. The van der Waals surface area contributed by atoms with E-state index < -0.39 is 17.5 Å². The average Bonchev–Trinajstić information content (AvgIpc) is 2.62. The van der Waals surface area contributed by atoms with E-state index in [9.17, 15) is 13.2 Å². The molecule has 3 rings (SSSR count). The van der Waals surface area contributed by atoms with Gasteiger partial charge in [-0.05, 0) is 31.2 Å². The lowest BCUT2D eigenvalue weighted by atomic mass is 10.2. The normalized spacial score (nSPS) is 10.5. The Morgan fingerprint density at radius 3 is 2.35 bits per heavy atom. The van der Waals surface area contributed by atoms with E-state index in [-0.39, 0.29) is 11.5 Å². The Morgan fingerprint density at radius 1 is 0.885 bits per heavy atom. The number of benzene rings is 2. The SMILES string of the molecule is COc1cccc(Nc2cc(Nc3ccc(F)c(F)c3F)nc(C)n2)c1. The minimum Gasteiger partial charge on any atom is -0.497 e. The summed E-state index contributed by atoms with van der Waals surface area (Å²) in [5.41, 5.74) is 0.502. The van der Waals surface area contributed by atoms with Crippen molar-refractivity contribution in [1.29, 1.82) is 0 Å². The van der Waals surface area contributed by atoms with Gasteiger partial charge in [0.25, 0.3) is 0 Å². The molecule has 0 unspecified atom stereocenters. The number of anilines is 4. The quantitative estimate of drug-likeness (QED) is 0.646. The van der Waals surface area contributed by atoms with Crippen molar-refractivity contribution in [3.63, 3.8) is 0 Å². The summed E-state index contributed by atoms with van der Waals surface area (Å²) in [6.45, 7) is 1.66. The molecule has 0 aliphatic carbocycles. The van der Waals surface area contributed by atoms with Gasteiger partial charge in [-0.3, -0.25) is 0 Å². The number of aromatic nitrogens is 2. The van der Waals surface area contributed by atoms with Gasteiger partial charge in [-0.1, -0.05) is 6.07 Å². The summed E-state index contributed by atoms with van der Waals surface area (Å²) in [5.74, 6) is -2.37. The third-order valence-corrected chi connectivity index (χ3v) is 3.48. The lowest BCUT2D eigenvalue weighted by Gasteiger charge is -2.11. The molecule has 2 aromatic carbocycles. The van der Waals surface area contributed by atoms with Crippen LogP contribution in [0.3, 0.4) is 0 Å². The number of nitrogens with zero attached hydrogens (tertiary/aromatic N) is 2. The van der Waals surface area contributed by atoms with Crippen LogP contribution in [-0.2, 0) is 0 Å². The van der Waals surface area contributed by atoms with Gasteiger partial charge in [-0.25, -0.2) is 23.1 Å². The lowest BCUT2D eigenvalue weighted by molar-refractivity contribution is 0.415. The standard InChI is InChI=1S/C18H15F3N4O/c1-10-22-15(24-11-4-3-5-12(8-11)26-2)9-16(23-10)25-14-7-6-13(19)17(20)18(14)21/h3-9H,1-2H3,(H2,22,23,24,25). The predicted molar refractivity (Wildman–Crippen MR) is 92.6 cm³/mol. The molecule has 1 heterocycles. The number of nitrogens with one attached hydrogen (secondary N) is 2. The minimum absolute atomic E-state index is 0.227. The Kier molecular flexibility index (Phi) is 4.92. The molecule has 1 aromatic heterocycles. The van der Waals surface area contributed by atoms with E-state index in [0.29, 0.717) is 17.4 Å². The summed E-state index contributed by atoms with van der Waals surface area (Å²) in [5, 5.41) is 5.71. The van der Waals surface area contributed by atoms with Crippen LogP contribution >= 0.6 is 0 Å². The van der Waals surface area contributed by atoms with Crippen molar-refractivity contribution in [2.75, 3.05) is 17.7 Å². The number of rotatable bonds is 5. The van der Waals surface area contributed by atoms with Crippen LogP contribution in [0.25, 0.3) is 0 Å². The van der Waals surface area contributed by atoms with E-state index in [1.807, 2.05) is 12.1 Å². The molecule has 0 spiro atoms. The molecule has 2 N–H and O–H groups in total. The van der Waals surface area contributed by atoms with Crippen LogP contribution in [-0.4, -0.2) is 17.1 Å². The molecule has 8 heteroatoms. The Hall–Kier alpha value is -3.29. The number of hydrogen-bond acceptors (Lipinski definition) is 5. The van der Waals surface area contributed by atoms with Gasteiger partial charge < -0.3 is 15.4 Å². The van der Waals surface area contributed by atoms with E-state index >= 15 is 0 Å². The molecule has 26 heavy (non-hydrogen) atoms. The van der Waals surface area contributed by atoms with Gasteiger partial charge in [0, 0.05) is 17.8 Å². The van der Waals surface area contributed by atoms with Crippen molar-refractivity contribution < 1.29 is 17.9 Å². The van der Waals surface area contributed by atoms with Crippen molar-refractivity contribution in [1.82, 2.24) is 9.97 Å². The molecule has 0 atom stereocenters. The molecule has 0 amide bonds. The number of halogens is 3. The van der Waals surface area contributed by atoms with Crippen LogP contribution in [0, 0.1) is 24.4 Å². The third kappa shape index (κ3) is 3.85. The maximum absolute atomic E-state index is 13.8. The fourth-order valence-electron chi connectivity index (χ4n) is 2.30. The lowest BCUT2D eigenvalue weighted by Crippen LogP contribution is -2.04. The zero-order chi connectivity index (χ0) is 18.7. The van der Waals surface area contributed by atoms with Gasteiger partial charge in [-0.15, -0.1) is 0 Å². The van der Waals surface area contributed by atoms with Crippen LogP contribution in [0.1, 0.15) is 5.82 Å². The van der Waals surface area contributed by atoms with Gasteiger partial charge in [0.15, 0.2) is 17.5 Å². The van der Waals surface area contributed by atoms with Crippen LogP contribution in [0.2, 0.25) is 0 Å². The first-order chi connectivity index (χ1) is 12.5. The van der Waals surface area contributed by atoms with E-state index in [4.69, 9.17) is 4.74 Å². The Morgan fingerprint density at radius 2 is 1.62 bits per heavy atom. The number of ether oxygens (including phenoxy) is 1. The van der Waals surface area contributed by atoms with E-state index in [1.54, 1.807) is 26.2 Å². The smallest absolute Gasteiger partial charge is 0.196 e. The van der Waals surface area contributed by atoms with Crippen molar-refractivity contribution >= 4 is 23.0 Å². The summed E-state index contributed by atoms with van der Waals surface area (Å²) in [4.78, 5) is 8.38. The van der Waals surface area contributed by atoms with Crippen LogP contribution in [0.15, 0.2) is 42.5 Å². The van der Waals surface area contributed by atoms with Crippen LogP contribution in [0.4, 0.5) is 36.2 Å². The molecule has 5 nitrogen and oxygen atoms in total. The molecular weight excluding hydrogens is 345 g/mol. The highest BCUT2D eigenvalue weighted by Crippen LogP contribution is 2.25. The molecule has 3 aromatic rings. The van der Waals surface area contributed by atoms with Crippen molar-refractivity contribution in [3.05, 3.63) is 65.7 Å². The monoisotopic (exact) mass is 360 g/mol. The third-order valence-electron chi connectivity index (χ3n) is 3.48. The Balaban J connectivity index is 1.87. The van der Waals surface area contributed by atoms with Gasteiger partial charge in [-0.2, -0.15) is 0 Å². The van der Waals surface area contributed by atoms with Crippen molar-refractivity contribution in [2.45, 2.75) is 6.92 Å². The van der Waals surface area contributed by atoms with Gasteiger partial charge in [0.05, 0.1) is 12.8 Å². The maximum Gasteiger partial charge on any atom is 0.196 e. The Bertz CT molecular complexity index is 950. The van der Waals surface area contributed by atoms with Gasteiger partial charge in [0.1, 0.15) is 23.2 Å². The van der Waals surface area contributed by atoms with Crippen LogP contribution in [0.5, 0.6) is 5.75 Å². The van der Waals surface area contributed by atoms with Gasteiger partial charge >= 0.3 is 0 Å². The molecule has 0 saturated heterocycles. The average molecular weight is 360 g/mol. The van der Waals surface area contributed by atoms with Crippen molar-refractivity contribution in [3.8, 4) is 5.75 Å². The Labute approximate surface area is 147 Å². The fraction of sp³-hybridized carbons (Fsp3) is 0.111. The summed E-state index contributed by atoms with van der Waals surface area (Å²) < 4.78 is 45.4. The molecule has 134 valence electrons. The van der Waals surface area contributed by atoms with E-state index in [2.05, 4.69) is 20.6 Å². The molecule has 0 saturated carbocycles. The highest BCUT2D eigenvalue weighted by Gasteiger charge is 2.14. The fourth-order valence-corrected chi connectivity index (χ4v) is 2.30. The summed E-state index contributed by atoms with van der Waals surface area (Å²) in [6, 6.07) is 10.7. The summed E-state index contributed by atoms with van der Waals surface area (Å²) >= 11 is 0. The largest absolute Gasteiger partial charge is 0.497 e. The second-order valence-electron chi connectivity index (χ2n) is 5.39. The van der Waals surface area contributed by atoms with Crippen LogP contribution < -0.4 is 15.4 Å². The first kappa shape index (κ1) is 17.5. The second-order valence-corrected chi connectivity index (χ2v) is 5.39. The van der Waals surface area contributed by atoms with Gasteiger partial charge in [0.2, 0.25) is 0 Å². The molecule has 0 bridgehead atoms. The highest BCUT2D eigenvalue weighted by molar-refractivity contribution is 5.64. The molecular formula is C18H15F3N4O. The zero-order valence-electron chi connectivity index (χ0n) is 14.0. The van der Waals surface area contributed by atoms with E-state index in [1.165, 1.54) is 6.07 Å². The highest BCUT2D eigenvalue weighted by atomic mass is 19.2. The predicted octanol–water partition coefficient (Wildman–Crippen LogP) is 4.70. The van der Waals surface area contributed by atoms with Crippen molar-refractivity contribution in [2.24, 2.45) is 0 Å². The van der Waals surface area contributed by atoms with E-state index in [0.717, 1.165) is 17.8 Å². The summed E-state index contributed by atoms with van der Waals surface area (Å²) in [6.07, 6.45) is 0. The number of hydrogen-bond donors (Lipinski definition) is 2. The number of aryl methyl sites for hydroxylation is 1. The second kappa shape index (κ2) is 7.30. The summed E-state index contributed by atoms with van der Waals surface area (Å²) in [7, 11) is 1.56. The zero-order valence-corrected chi connectivity index (χ0v) is 14.0. The topological polar surface area (TPSA) is 59.1 Å².